The lowest BCUT2D eigenvalue weighted by atomic mass is 10.2. The molecule has 0 saturated carbocycles. The summed E-state index contributed by atoms with van der Waals surface area (Å²) in [5.41, 5.74) is 0.934. The number of benzene rings is 2. The highest BCUT2D eigenvalue weighted by atomic mass is 35.5. The first-order chi connectivity index (χ1) is 13.9. The molecule has 0 radical (unpaired) electrons. The van der Waals surface area contributed by atoms with Crippen molar-refractivity contribution in [2.75, 3.05) is 11.9 Å². The van der Waals surface area contributed by atoms with Gasteiger partial charge in [-0.3, -0.25) is 9.59 Å². The van der Waals surface area contributed by atoms with Gasteiger partial charge in [0, 0.05) is 6.07 Å². The monoisotopic (exact) mass is 411 g/mol. The van der Waals surface area contributed by atoms with Crippen LogP contribution in [0.15, 0.2) is 59.4 Å². The summed E-state index contributed by atoms with van der Waals surface area (Å²) in [4.78, 5) is 37.6. The van der Waals surface area contributed by atoms with Crippen LogP contribution < -0.4 is 10.9 Å². The summed E-state index contributed by atoms with van der Waals surface area (Å²) in [6.45, 7) is 3.68. The van der Waals surface area contributed by atoms with Crippen molar-refractivity contribution < 1.29 is 14.3 Å². The van der Waals surface area contributed by atoms with Crippen molar-refractivity contribution >= 4 is 29.2 Å². The molecular formula is C21H18ClN3O4. The van der Waals surface area contributed by atoms with Gasteiger partial charge in [0.25, 0.3) is 11.5 Å². The van der Waals surface area contributed by atoms with Crippen LogP contribution in [0.2, 0.25) is 5.02 Å². The van der Waals surface area contributed by atoms with Crippen LogP contribution in [0.1, 0.15) is 33.3 Å². The molecule has 29 heavy (non-hydrogen) atoms. The number of hydrogen-bond acceptors (Lipinski definition) is 5. The van der Waals surface area contributed by atoms with Gasteiger partial charge in [-0.1, -0.05) is 41.4 Å². The molecule has 0 atom stereocenters. The maximum atomic E-state index is 12.6. The molecule has 148 valence electrons. The van der Waals surface area contributed by atoms with Crippen molar-refractivity contribution in [3.05, 3.63) is 86.8 Å². The van der Waals surface area contributed by atoms with E-state index in [1.165, 1.54) is 6.07 Å². The third-order valence-corrected chi connectivity index (χ3v) is 4.38. The van der Waals surface area contributed by atoms with Crippen LogP contribution in [0, 0.1) is 6.92 Å². The highest BCUT2D eigenvalue weighted by Crippen LogP contribution is 2.19. The van der Waals surface area contributed by atoms with Crippen LogP contribution in [-0.4, -0.2) is 28.3 Å². The smallest absolute Gasteiger partial charge is 0.360 e. The van der Waals surface area contributed by atoms with E-state index in [1.807, 2.05) is 19.1 Å². The van der Waals surface area contributed by atoms with E-state index >= 15 is 0 Å². The first-order valence-corrected chi connectivity index (χ1v) is 9.23. The van der Waals surface area contributed by atoms with E-state index in [1.54, 1.807) is 37.3 Å². The summed E-state index contributed by atoms with van der Waals surface area (Å²) >= 11 is 6.05. The third-order valence-electron chi connectivity index (χ3n) is 4.05. The van der Waals surface area contributed by atoms with Gasteiger partial charge in [-0.25, -0.2) is 4.79 Å². The molecule has 1 N–H and O–H groups in total. The van der Waals surface area contributed by atoms with Crippen molar-refractivity contribution in [1.82, 2.24) is 9.78 Å². The second-order valence-corrected chi connectivity index (χ2v) is 6.55. The topological polar surface area (TPSA) is 90.3 Å². The summed E-state index contributed by atoms with van der Waals surface area (Å²) in [6, 6.07) is 14.6. The molecule has 1 aromatic heterocycles. The summed E-state index contributed by atoms with van der Waals surface area (Å²) < 4.78 is 6.12. The Kier molecular flexibility index (Phi) is 6.09. The maximum Gasteiger partial charge on any atom is 0.360 e. The minimum Gasteiger partial charge on any atom is -0.461 e. The molecule has 0 spiro atoms. The van der Waals surface area contributed by atoms with Gasteiger partial charge in [0.1, 0.15) is 0 Å². The number of carbonyl (C=O) groups excluding carboxylic acids is 2. The quantitative estimate of drug-likeness (QED) is 0.647. The normalized spacial score (nSPS) is 10.4. The molecule has 1 amide bonds. The van der Waals surface area contributed by atoms with E-state index in [4.69, 9.17) is 16.3 Å². The molecule has 0 bridgehead atoms. The number of aromatic nitrogens is 2. The maximum absolute atomic E-state index is 12.6. The molecule has 3 aromatic rings. The Bertz CT molecular complexity index is 1120. The number of halogens is 1. The first-order valence-electron chi connectivity index (χ1n) is 8.85. The molecule has 0 unspecified atom stereocenters. The van der Waals surface area contributed by atoms with Crippen LogP contribution in [0.4, 0.5) is 5.69 Å². The molecule has 0 aliphatic carbocycles. The Morgan fingerprint density at radius 2 is 1.83 bits per heavy atom. The summed E-state index contributed by atoms with van der Waals surface area (Å²) in [7, 11) is 0. The first kappa shape index (κ1) is 20.3. The fourth-order valence-electron chi connectivity index (χ4n) is 2.61. The number of nitrogens with zero attached hydrogens (tertiary/aromatic N) is 2. The van der Waals surface area contributed by atoms with E-state index in [-0.39, 0.29) is 28.6 Å². The Morgan fingerprint density at radius 3 is 2.48 bits per heavy atom. The van der Waals surface area contributed by atoms with Crippen LogP contribution in [0.5, 0.6) is 0 Å². The number of aryl methyl sites for hydroxylation is 1. The average Bonchev–Trinajstić information content (AvgIpc) is 2.69. The number of rotatable bonds is 5. The molecular weight excluding hydrogens is 394 g/mol. The number of ether oxygens (including phenoxy) is 1. The fraction of sp³-hybridized carbons (Fsp3) is 0.143. The summed E-state index contributed by atoms with van der Waals surface area (Å²) in [6.07, 6.45) is 0. The zero-order valence-corrected chi connectivity index (χ0v) is 16.6. The third kappa shape index (κ3) is 4.52. The van der Waals surface area contributed by atoms with Gasteiger partial charge in [0.15, 0.2) is 5.69 Å². The number of amides is 1. The number of esters is 1. The predicted molar refractivity (Wildman–Crippen MR) is 110 cm³/mol. The lowest BCUT2D eigenvalue weighted by molar-refractivity contribution is 0.0518. The van der Waals surface area contributed by atoms with Crippen LogP contribution >= 0.6 is 11.6 Å². The molecule has 3 rings (SSSR count). The standard InChI is InChI=1S/C21H18ClN3O4/c1-3-29-21(28)19-17(23-20(27)15-6-4-5-7-16(15)22)12-18(26)25(24-19)14-10-8-13(2)9-11-14/h4-12H,3H2,1-2H3,(H,23,27). The Labute approximate surface area is 171 Å². The highest BCUT2D eigenvalue weighted by molar-refractivity contribution is 6.34. The second kappa shape index (κ2) is 8.70. The number of carbonyl (C=O) groups is 2. The van der Waals surface area contributed by atoms with Crippen LogP contribution in [-0.2, 0) is 4.74 Å². The van der Waals surface area contributed by atoms with Crippen molar-refractivity contribution in [1.29, 1.82) is 0 Å². The van der Waals surface area contributed by atoms with Crippen molar-refractivity contribution in [2.45, 2.75) is 13.8 Å². The van der Waals surface area contributed by atoms with E-state index in [0.29, 0.717) is 5.69 Å². The van der Waals surface area contributed by atoms with Gasteiger partial charge >= 0.3 is 5.97 Å². The van der Waals surface area contributed by atoms with Crippen molar-refractivity contribution in [3.8, 4) is 5.69 Å². The van der Waals surface area contributed by atoms with Gasteiger partial charge < -0.3 is 10.1 Å². The van der Waals surface area contributed by atoms with Crippen molar-refractivity contribution in [3.63, 3.8) is 0 Å². The van der Waals surface area contributed by atoms with Gasteiger partial charge in [0.05, 0.1) is 28.6 Å². The van der Waals surface area contributed by atoms with Gasteiger partial charge in [0.2, 0.25) is 0 Å². The molecule has 0 aliphatic rings. The van der Waals surface area contributed by atoms with E-state index < -0.39 is 17.4 Å². The van der Waals surface area contributed by atoms with E-state index in [2.05, 4.69) is 10.4 Å². The number of hydrogen-bond donors (Lipinski definition) is 1. The van der Waals surface area contributed by atoms with E-state index in [0.717, 1.165) is 16.3 Å². The summed E-state index contributed by atoms with van der Waals surface area (Å²) in [5, 5.41) is 6.92. The van der Waals surface area contributed by atoms with Crippen LogP contribution in [0.25, 0.3) is 5.69 Å². The zero-order valence-electron chi connectivity index (χ0n) is 15.8. The lowest BCUT2D eigenvalue weighted by Gasteiger charge is -2.13. The number of anilines is 1. The fourth-order valence-corrected chi connectivity index (χ4v) is 2.83. The lowest BCUT2D eigenvalue weighted by Crippen LogP contribution is -2.27. The molecule has 7 nitrogen and oxygen atoms in total. The predicted octanol–water partition coefficient (Wildman–Crippen LogP) is 3.62. The Balaban J connectivity index is 2.06. The molecule has 0 fully saturated rings. The Morgan fingerprint density at radius 1 is 1.14 bits per heavy atom. The second-order valence-electron chi connectivity index (χ2n) is 6.15. The van der Waals surface area contributed by atoms with Crippen LogP contribution in [0.3, 0.4) is 0 Å². The molecule has 0 aliphatic heterocycles. The highest BCUT2D eigenvalue weighted by Gasteiger charge is 2.21. The molecule has 0 saturated heterocycles. The van der Waals surface area contributed by atoms with Gasteiger partial charge in [-0.2, -0.15) is 9.78 Å². The van der Waals surface area contributed by atoms with Crippen molar-refractivity contribution in [2.24, 2.45) is 0 Å². The molecule has 1 heterocycles. The largest absolute Gasteiger partial charge is 0.461 e. The van der Waals surface area contributed by atoms with E-state index in [9.17, 15) is 14.4 Å². The molecule has 8 heteroatoms. The average molecular weight is 412 g/mol. The van der Waals surface area contributed by atoms with Gasteiger partial charge in [-0.05, 0) is 38.1 Å². The number of nitrogens with one attached hydrogen (secondary N) is 1. The zero-order chi connectivity index (χ0) is 21.0. The summed E-state index contributed by atoms with van der Waals surface area (Å²) in [5.74, 6) is -1.33. The van der Waals surface area contributed by atoms with Gasteiger partial charge in [-0.15, -0.1) is 0 Å². The minimum absolute atomic E-state index is 0.0540. The molecule has 2 aromatic carbocycles. The Hall–Kier alpha value is -3.45. The minimum atomic E-state index is -0.761. The SMILES string of the molecule is CCOC(=O)c1nn(-c2ccc(C)cc2)c(=O)cc1NC(=O)c1ccccc1Cl.